The standard InChI is InChI=1S/C21H26N2O3/c1-26-17(24)15-13-19-7-4-11-23(25)12-10-20(18(19)23)14-5-2-3-6-16(14)22-21(15,20)9-8-19/h2-3,5-6,15,18,22H,4,7-13H2,1H3/t15-,18-,19+,20+,21+,23?/m1/s1. The van der Waals surface area contributed by atoms with Gasteiger partial charge in [-0.15, -0.1) is 0 Å². The normalized spacial score (nSPS) is 49.8. The number of hydrogen-bond acceptors (Lipinski definition) is 4. The monoisotopic (exact) mass is 354 g/mol. The minimum Gasteiger partial charge on any atom is -0.633 e. The lowest BCUT2D eigenvalue weighted by Gasteiger charge is -2.70. The van der Waals surface area contributed by atoms with E-state index in [-0.39, 0.29) is 38.9 Å². The maximum atomic E-state index is 14.0. The highest BCUT2D eigenvalue weighted by Crippen LogP contribution is 2.75. The Balaban J connectivity index is 1.67. The lowest BCUT2D eigenvalue weighted by Crippen LogP contribution is -2.79. The van der Waals surface area contributed by atoms with Crippen molar-refractivity contribution in [3.8, 4) is 0 Å². The minimum absolute atomic E-state index is 0.00373. The predicted molar refractivity (Wildman–Crippen MR) is 97.3 cm³/mol. The van der Waals surface area contributed by atoms with E-state index in [0.717, 1.165) is 50.8 Å². The highest BCUT2D eigenvalue weighted by Gasteiger charge is 2.82. The lowest BCUT2D eigenvalue weighted by molar-refractivity contribution is -0.911. The molecule has 3 spiro atoms. The van der Waals surface area contributed by atoms with Gasteiger partial charge < -0.3 is 19.9 Å². The van der Waals surface area contributed by atoms with Crippen molar-refractivity contribution in [2.45, 2.75) is 55.5 Å². The third-order valence-corrected chi connectivity index (χ3v) is 8.88. The van der Waals surface area contributed by atoms with Crippen LogP contribution in [0.3, 0.4) is 0 Å². The Morgan fingerprint density at radius 2 is 2.08 bits per heavy atom. The summed E-state index contributed by atoms with van der Waals surface area (Å²) in [6.45, 7) is 1.44. The van der Waals surface area contributed by atoms with E-state index in [0.29, 0.717) is 6.54 Å². The van der Waals surface area contributed by atoms with E-state index < -0.39 is 0 Å². The van der Waals surface area contributed by atoms with Crippen molar-refractivity contribution in [1.29, 1.82) is 0 Å². The van der Waals surface area contributed by atoms with E-state index in [1.807, 2.05) is 0 Å². The molecule has 1 aromatic rings. The van der Waals surface area contributed by atoms with Crippen LogP contribution in [0.25, 0.3) is 0 Å². The Labute approximate surface area is 153 Å². The van der Waals surface area contributed by atoms with Gasteiger partial charge in [-0.1, -0.05) is 18.2 Å². The number of hydroxylamine groups is 3. The Hall–Kier alpha value is -1.59. The van der Waals surface area contributed by atoms with Crippen LogP contribution in [0.1, 0.15) is 44.1 Å². The molecule has 3 aliphatic heterocycles. The molecular weight excluding hydrogens is 328 g/mol. The Morgan fingerprint density at radius 1 is 1.23 bits per heavy atom. The number of benzene rings is 1. The smallest absolute Gasteiger partial charge is 0.311 e. The zero-order chi connectivity index (χ0) is 17.8. The van der Waals surface area contributed by atoms with Crippen LogP contribution < -0.4 is 5.32 Å². The summed E-state index contributed by atoms with van der Waals surface area (Å²) in [4.78, 5) is 12.9. The molecule has 3 heterocycles. The maximum absolute atomic E-state index is 14.0. The molecule has 5 fully saturated rings. The van der Waals surface area contributed by atoms with Gasteiger partial charge in [0.2, 0.25) is 0 Å². The van der Waals surface area contributed by atoms with Crippen LogP contribution in [0.4, 0.5) is 5.69 Å². The molecular formula is C21H26N2O3. The van der Waals surface area contributed by atoms with E-state index in [9.17, 15) is 10.0 Å². The van der Waals surface area contributed by atoms with Crippen LogP contribution >= 0.6 is 0 Å². The molecule has 3 aliphatic carbocycles. The zero-order valence-electron chi connectivity index (χ0n) is 15.3. The highest BCUT2D eigenvalue weighted by molar-refractivity contribution is 5.80. The summed E-state index contributed by atoms with van der Waals surface area (Å²) >= 11 is 0. The van der Waals surface area contributed by atoms with Gasteiger partial charge in [-0.05, 0) is 43.7 Å². The Morgan fingerprint density at radius 3 is 2.92 bits per heavy atom. The summed E-state index contributed by atoms with van der Waals surface area (Å²) < 4.78 is 5.25. The van der Waals surface area contributed by atoms with Crippen molar-refractivity contribution in [2.24, 2.45) is 11.3 Å². The first kappa shape index (κ1) is 15.5. The first-order valence-corrected chi connectivity index (χ1v) is 10.0. The van der Waals surface area contributed by atoms with Crippen LogP contribution in [0.5, 0.6) is 0 Å². The molecule has 5 nitrogen and oxygen atoms in total. The average Bonchev–Trinajstić information content (AvgIpc) is 3.15. The number of fused-ring (bicyclic) bond motifs is 3. The predicted octanol–water partition coefficient (Wildman–Crippen LogP) is 2.94. The van der Waals surface area contributed by atoms with Gasteiger partial charge in [0, 0.05) is 17.5 Å². The number of hydrogen-bond donors (Lipinski definition) is 1. The number of esters is 1. The maximum Gasteiger partial charge on any atom is 0.311 e. The Kier molecular flexibility index (Phi) is 2.65. The molecule has 26 heavy (non-hydrogen) atoms. The van der Waals surface area contributed by atoms with Gasteiger partial charge in [-0.25, -0.2) is 0 Å². The van der Waals surface area contributed by atoms with Crippen LogP contribution in [0.15, 0.2) is 24.3 Å². The van der Waals surface area contributed by atoms with Gasteiger partial charge in [-0.3, -0.25) is 4.79 Å². The van der Waals surface area contributed by atoms with Crippen molar-refractivity contribution in [3.63, 3.8) is 0 Å². The molecule has 6 aliphatic rings. The van der Waals surface area contributed by atoms with Crippen molar-refractivity contribution >= 4 is 11.7 Å². The average molecular weight is 354 g/mol. The number of anilines is 1. The van der Waals surface area contributed by atoms with Crippen LogP contribution in [0, 0.1) is 16.5 Å². The van der Waals surface area contributed by atoms with E-state index in [1.54, 1.807) is 0 Å². The molecule has 1 N–H and O–H groups in total. The molecule has 6 atom stereocenters. The lowest BCUT2D eigenvalue weighted by atomic mass is 9.39. The van der Waals surface area contributed by atoms with Gasteiger partial charge in [0.05, 0.1) is 37.1 Å². The molecule has 138 valence electrons. The fraction of sp³-hybridized carbons (Fsp3) is 0.667. The van der Waals surface area contributed by atoms with Gasteiger partial charge in [0.25, 0.3) is 0 Å². The number of nitrogens with one attached hydrogen (secondary N) is 1. The first-order valence-electron chi connectivity index (χ1n) is 10.0. The van der Waals surface area contributed by atoms with E-state index in [1.165, 1.54) is 12.7 Å². The molecule has 0 amide bonds. The molecule has 2 bridgehead atoms. The van der Waals surface area contributed by atoms with Gasteiger partial charge in [-0.2, -0.15) is 0 Å². The van der Waals surface area contributed by atoms with Crippen LogP contribution in [0.2, 0.25) is 0 Å². The summed E-state index contributed by atoms with van der Waals surface area (Å²) in [6.07, 6.45) is 5.82. The van der Waals surface area contributed by atoms with E-state index in [2.05, 4.69) is 29.6 Å². The second-order valence-electron chi connectivity index (χ2n) is 9.41. The number of rotatable bonds is 1. The largest absolute Gasteiger partial charge is 0.633 e. The second-order valence-corrected chi connectivity index (χ2v) is 9.41. The van der Waals surface area contributed by atoms with Gasteiger partial charge >= 0.3 is 5.97 Å². The number of carbonyl (C=O) groups excluding carboxylic acids is 1. The number of methoxy groups -OCH3 is 1. The van der Waals surface area contributed by atoms with Crippen molar-refractivity contribution in [3.05, 3.63) is 35.0 Å². The first-order chi connectivity index (χ1) is 12.5. The van der Waals surface area contributed by atoms with E-state index >= 15 is 0 Å². The topological polar surface area (TPSA) is 61.4 Å². The van der Waals surface area contributed by atoms with Gasteiger partial charge in [0.1, 0.15) is 6.04 Å². The minimum atomic E-state index is -0.349. The SMILES string of the molecule is COC(=O)[C@H]1C[C@]23CCC[N+]4([O-])CC[C@]5(c6ccccc6N[C@@]15CC2)[C@@H]34. The fourth-order valence-electron chi connectivity index (χ4n) is 8.34. The molecule has 1 aromatic carbocycles. The number of quaternary nitrogens is 1. The third-order valence-electron chi connectivity index (χ3n) is 8.88. The third kappa shape index (κ3) is 1.38. The quantitative estimate of drug-likeness (QED) is 0.478. The fourth-order valence-corrected chi connectivity index (χ4v) is 8.34. The number of carbonyl (C=O) groups is 1. The molecule has 0 aromatic heterocycles. The van der Waals surface area contributed by atoms with E-state index in [4.69, 9.17) is 4.74 Å². The highest BCUT2D eigenvalue weighted by atomic mass is 16.6. The Bertz CT molecular complexity index is 827. The number of ether oxygens (including phenoxy) is 1. The van der Waals surface area contributed by atoms with Crippen LogP contribution in [-0.4, -0.2) is 42.4 Å². The number of piperidine rings is 1. The van der Waals surface area contributed by atoms with Crippen LogP contribution in [-0.2, 0) is 14.9 Å². The number of para-hydroxylation sites is 1. The van der Waals surface area contributed by atoms with Gasteiger partial charge in [0.15, 0.2) is 0 Å². The number of nitrogens with zero attached hydrogens (tertiary/aromatic N) is 1. The summed E-state index contributed by atoms with van der Waals surface area (Å²) in [6, 6.07) is 8.59. The summed E-state index contributed by atoms with van der Waals surface area (Å²) in [5.41, 5.74) is 1.86. The molecule has 3 saturated carbocycles. The molecule has 2 saturated heterocycles. The van der Waals surface area contributed by atoms with Crippen molar-refractivity contribution < 1.29 is 14.2 Å². The zero-order valence-corrected chi connectivity index (χ0v) is 15.3. The molecule has 5 heteroatoms. The summed E-state index contributed by atoms with van der Waals surface area (Å²) in [5, 5.41) is 17.8. The summed E-state index contributed by atoms with van der Waals surface area (Å²) in [5.74, 6) is -0.252. The summed E-state index contributed by atoms with van der Waals surface area (Å²) in [7, 11) is 1.51. The molecule has 1 unspecified atom stereocenters. The second kappa shape index (κ2) is 4.45. The van der Waals surface area contributed by atoms with Crippen molar-refractivity contribution in [2.75, 3.05) is 25.5 Å². The molecule has 7 rings (SSSR count). The van der Waals surface area contributed by atoms with Crippen molar-refractivity contribution in [1.82, 2.24) is 0 Å². The molecule has 0 radical (unpaired) electrons.